The number of nitrogen functional groups attached to an aromatic ring is 1. The third-order valence-corrected chi connectivity index (χ3v) is 6.19. The molecule has 0 spiro atoms. The molecule has 2 saturated heterocycles. The van der Waals surface area contributed by atoms with E-state index in [9.17, 15) is 4.79 Å². The molecule has 0 aromatic heterocycles. The highest BCUT2D eigenvalue weighted by Gasteiger charge is 2.27. The van der Waals surface area contributed by atoms with E-state index < -0.39 is 6.09 Å². The van der Waals surface area contributed by atoms with E-state index in [1.54, 1.807) is 7.11 Å². The smallest absolute Gasteiger partial charge is 0.404 e. The number of piperazine rings is 1. The monoisotopic (exact) mass is 405 g/mol. The zero-order chi connectivity index (χ0) is 20.8. The number of piperidine rings is 1. The molecule has 2 fully saturated rings. The molecule has 29 heavy (non-hydrogen) atoms. The van der Waals surface area contributed by atoms with E-state index in [1.165, 1.54) is 18.8 Å². The van der Waals surface area contributed by atoms with E-state index in [4.69, 9.17) is 15.6 Å². The van der Waals surface area contributed by atoms with Crippen LogP contribution in [0.3, 0.4) is 0 Å². The molecule has 0 bridgehead atoms. The number of nitrogens with two attached hydrogens (primary N) is 1. The van der Waals surface area contributed by atoms with Crippen molar-refractivity contribution in [1.82, 2.24) is 15.1 Å². The van der Waals surface area contributed by atoms with Gasteiger partial charge in [0, 0.05) is 63.6 Å². The molecule has 1 amide bonds. The van der Waals surface area contributed by atoms with E-state index in [0.29, 0.717) is 24.0 Å². The van der Waals surface area contributed by atoms with Gasteiger partial charge in [-0.3, -0.25) is 4.90 Å². The lowest BCUT2D eigenvalue weighted by molar-refractivity contribution is 0.0982. The van der Waals surface area contributed by atoms with Crippen LogP contribution in [0.4, 0.5) is 16.2 Å². The molecule has 2 heterocycles. The predicted octanol–water partition coefficient (Wildman–Crippen LogP) is 1.69. The summed E-state index contributed by atoms with van der Waals surface area (Å²) in [5, 5.41) is 11.2. The lowest BCUT2D eigenvalue weighted by Gasteiger charge is -2.43. The Balaban J connectivity index is 1.64. The summed E-state index contributed by atoms with van der Waals surface area (Å²) < 4.78 is 5.46. The molecule has 0 atom stereocenters. The number of hydrogen-bond acceptors (Lipinski definition) is 6. The number of carboxylic acid groups (broad SMARTS) is 1. The molecule has 2 aliphatic heterocycles. The Kier molecular flexibility index (Phi) is 7.44. The molecule has 2 aliphatic rings. The number of ether oxygens (including phenoxy) is 1. The molecule has 162 valence electrons. The van der Waals surface area contributed by atoms with Crippen molar-refractivity contribution < 1.29 is 14.6 Å². The molecule has 0 aliphatic carbocycles. The third kappa shape index (κ3) is 5.67. The normalized spacial score (nSPS) is 19.3. The molecular formula is C21H35N5O3. The fraction of sp³-hybridized carbons (Fsp3) is 0.667. The van der Waals surface area contributed by atoms with Crippen LogP contribution in [0.1, 0.15) is 24.8 Å². The predicted molar refractivity (Wildman–Crippen MR) is 116 cm³/mol. The number of nitrogens with zero attached hydrogens (tertiary/aromatic N) is 3. The van der Waals surface area contributed by atoms with Crippen molar-refractivity contribution in [1.29, 1.82) is 0 Å². The average Bonchev–Trinajstić information content (AvgIpc) is 2.72. The van der Waals surface area contributed by atoms with Crippen molar-refractivity contribution >= 4 is 17.5 Å². The summed E-state index contributed by atoms with van der Waals surface area (Å²) in [4.78, 5) is 18.2. The Morgan fingerprint density at radius 2 is 1.90 bits per heavy atom. The Morgan fingerprint density at radius 1 is 1.21 bits per heavy atom. The van der Waals surface area contributed by atoms with Gasteiger partial charge in [0.1, 0.15) is 5.75 Å². The first-order chi connectivity index (χ1) is 14.0. The van der Waals surface area contributed by atoms with Gasteiger partial charge in [-0.15, -0.1) is 0 Å². The van der Waals surface area contributed by atoms with Crippen LogP contribution in [0.25, 0.3) is 0 Å². The second-order valence-electron chi connectivity index (χ2n) is 8.12. The minimum Gasteiger partial charge on any atom is -0.495 e. The van der Waals surface area contributed by atoms with Gasteiger partial charge < -0.3 is 30.7 Å². The molecule has 1 aromatic carbocycles. The summed E-state index contributed by atoms with van der Waals surface area (Å²) in [7, 11) is 3.84. The van der Waals surface area contributed by atoms with Crippen LogP contribution in [0.5, 0.6) is 5.75 Å². The van der Waals surface area contributed by atoms with Gasteiger partial charge in [0.15, 0.2) is 0 Å². The number of benzene rings is 1. The third-order valence-electron chi connectivity index (χ3n) is 6.19. The van der Waals surface area contributed by atoms with E-state index in [0.717, 1.165) is 57.4 Å². The summed E-state index contributed by atoms with van der Waals surface area (Å²) in [6.07, 6.45) is 2.86. The fourth-order valence-electron chi connectivity index (χ4n) is 4.44. The highest BCUT2D eigenvalue weighted by atomic mass is 16.5. The van der Waals surface area contributed by atoms with Crippen LogP contribution in [0.2, 0.25) is 0 Å². The minimum absolute atomic E-state index is 0.437. The van der Waals surface area contributed by atoms with Crippen molar-refractivity contribution in [3.05, 3.63) is 17.7 Å². The Morgan fingerprint density at radius 3 is 2.52 bits per heavy atom. The lowest BCUT2D eigenvalue weighted by Crippen LogP contribution is -2.52. The number of likely N-dealkylation sites (N-methyl/N-ethyl adjacent to an activating group) is 1. The van der Waals surface area contributed by atoms with E-state index in [-0.39, 0.29) is 0 Å². The van der Waals surface area contributed by atoms with Crippen LogP contribution < -0.4 is 20.7 Å². The largest absolute Gasteiger partial charge is 0.495 e. The number of methoxy groups -OCH3 is 1. The first-order valence-corrected chi connectivity index (χ1v) is 10.6. The van der Waals surface area contributed by atoms with Gasteiger partial charge in [0.25, 0.3) is 0 Å². The molecule has 3 rings (SSSR count). The molecule has 0 radical (unpaired) electrons. The molecule has 1 aromatic rings. The summed E-state index contributed by atoms with van der Waals surface area (Å²) in [5.74, 6) is 0.702. The van der Waals surface area contributed by atoms with Gasteiger partial charge in [-0.25, -0.2) is 4.79 Å². The Hall–Kier alpha value is -2.19. The zero-order valence-corrected chi connectivity index (χ0v) is 17.7. The van der Waals surface area contributed by atoms with Gasteiger partial charge in [-0.1, -0.05) is 0 Å². The lowest BCUT2D eigenvalue weighted by atomic mass is 9.99. The summed E-state index contributed by atoms with van der Waals surface area (Å²) in [6.45, 7) is 7.12. The fourth-order valence-corrected chi connectivity index (χ4v) is 4.44. The van der Waals surface area contributed by atoms with Crippen LogP contribution in [-0.4, -0.2) is 87.0 Å². The number of anilines is 2. The van der Waals surface area contributed by atoms with E-state index >= 15 is 0 Å². The van der Waals surface area contributed by atoms with E-state index in [1.807, 2.05) is 12.1 Å². The summed E-state index contributed by atoms with van der Waals surface area (Å²) >= 11 is 0. The quantitative estimate of drug-likeness (QED) is 0.469. The van der Waals surface area contributed by atoms with Crippen LogP contribution in [0, 0.1) is 0 Å². The van der Waals surface area contributed by atoms with Gasteiger partial charge in [-0.05, 0) is 44.4 Å². The SMILES string of the molecule is COc1cc(N2CCC(N3CCN(C)CC3)CC2)c(CCCNC(=O)O)cc1N. The minimum atomic E-state index is -0.981. The zero-order valence-electron chi connectivity index (χ0n) is 17.7. The number of rotatable bonds is 7. The number of aryl methyl sites for hydroxylation is 1. The van der Waals surface area contributed by atoms with Gasteiger partial charge in [0.2, 0.25) is 0 Å². The first-order valence-electron chi connectivity index (χ1n) is 10.6. The van der Waals surface area contributed by atoms with Crippen molar-refractivity contribution in [2.45, 2.75) is 31.7 Å². The number of amides is 1. The maximum absolute atomic E-state index is 10.7. The highest BCUT2D eigenvalue weighted by molar-refractivity contribution is 5.67. The number of nitrogens with one attached hydrogen (secondary N) is 1. The second kappa shape index (κ2) is 10.0. The van der Waals surface area contributed by atoms with Crippen LogP contribution in [0.15, 0.2) is 12.1 Å². The summed E-state index contributed by atoms with van der Waals surface area (Å²) in [5.41, 5.74) is 9.11. The van der Waals surface area contributed by atoms with Gasteiger partial charge in [0.05, 0.1) is 12.8 Å². The maximum atomic E-state index is 10.7. The van der Waals surface area contributed by atoms with E-state index in [2.05, 4.69) is 27.1 Å². The molecule has 8 nitrogen and oxygen atoms in total. The van der Waals surface area contributed by atoms with Crippen LogP contribution in [-0.2, 0) is 6.42 Å². The molecule has 0 unspecified atom stereocenters. The van der Waals surface area contributed by atoms with Crippen LogP contribution >= 0.6 is 0 Å². The van der Waals surface area contributed by atoms with Crippen molar-refractivity contribution in [2.24, 2.45) is 0 Å². The summed E-state index contributed by atoms with van der Waals surface area (Å²) in [6, 6.07) is 4.70. The Bertz CT molecular complexity index is 683. The first kappa shape index (κ1) is 21.5. The topological polar surface area (TPSA) is 94.3 Å². The Labute approximate surface area is 173 Å². The van der Waals surface area contributed by atoms with Crippen molar-refractivity contribution in [2.75, 3.05) is 70.6 Å². The van der Waals surface area contributed by atoms with Crippen molar-refractivity contribution in [3.8, 4) is 5.75 Å². The second-order valence-corrected chi connectivity index (χ2v) is 8.12. The number of hydrogen-bond donors (Lipinski definition) is 3. The standard InChI is InChI=1S/C21H35N5O3/c1-24-10-12-25(13-11-24)17-5-8-26(9-6-17)19-15-20(29-2)18(22)14-16(19)4-3-7-23-21(27)28/h14-15,17,23H,3-13,22H2,1-2H3,(H,27,28). The molecule has 4 N–H and O–H groups in total. The highest BCUT2D eigenvalue weighted by Crippen LogP contribution is 2.34. The van der Waals surface area contributed by atoms with Gasteiger partial charge in [-0.2, -0.15) is 0 Å². The number of carbonyl (C=O) groups is 1. The molecule has 0 saturated carbocycles. The van der Waals surface area contributed by atoms with Crippen molar-refractivity contribution in [3.63, 3.8) is 0 Å². The maximum Gasteiger partial charge on any atom is 0.404 e. The molecule has 8 heteroatoms. The molecular weight excluding hydrogens is 370 g/mol. The van der Waals surface area contributed by atoms with Gasteiger partial charge >= 0.3 is 6.09 Å². The average molecular weight is 406 g/mol.